The summed E-state index contributed by atoms with van der Waals surface area (Å²) < 4.78 is 0. The third-order valence-electron chi connectivity index (χ3n) is 2.15. The van der Waals surface area contributed by atoms with Gasteiger partial charge in [0.15, 0.2) is 11.5 Å². The van der Waals surface area contributed by atoms with Gasteiger partial charge in [-0.3, -0.25) is 9.59 Å². The second-order valence-corrected chi connectivity index (χ2v) is 3.59. The fourth-order valence-electron chi connectivity index (χ4n) is 1.36. The van der Waals surface area contributed by atoms with Crippen LogP contribution in [0.5, 0.6) is 0 Å². The van der Waals surface area contributed by atoms with Crippen molar-refractivity contribution < 1.29 is 14.7 Å². The Hall–Kier alpha value is -2.62. The molecule has 0 bridgehead atoms. The van der Waals surface area contributed by atoms with E-state index >= 15 is 0 Å². The zero-order valence-electron chi connectivity index (χ0n) is 10.5. The van der Waals surface area contributed by atoms with E-state index in [1.165, 1.54) is 17.0 Å². The first kappa shape index (κ1) is 14.4. The van der Waals surface area contributed by atoms with Crippen molar-refractivity contribution in [3.05, 3.63) is 17.8 Å². The van der Waals surface area contributed by atoms with E-state index in [0.717, 1.165) is 0 Å². The summed E-state index contributed by atoms with van der Waals surface area (Å²) in [6, 6.07) is 2.98. The van der Waals surface area contributed by atoms with Gasteiger partial charge in [-0.05, 0) is 19.1 Å². The molecule has 0 aromatic carbocycles. The molecule has 1 heterocycles. The van der Waals surface area contributed by atoms with Crippen LogP contribution in [0, 0.1) is 12.3 Å². The quantitative estimate of drug-likeness (QED) is 0.686. The molecule has 100 valence electrons. The van der Waals surface area contributed by atoms with Crippen LogP contribution in [0.15, 0.2) is 12.1 Å². The highest BCUT2D eigenvalue weighted by molar-refractivity contribution is 5.92. The lowest BCUT2D eigenvalue weighted by Crippen LogP contribution is -2.31. The highest BCUT2D eigenvalue weighted by atomic mass is 16.4. The van der Waals surface area contributed by atoms with Crippen LogP contribution in [0.1, 0.15) is 17.4 Å². The molecule has 0 unspecified atom stereocenters. The summed E-state index contributed by atoms with van der Waals surface area (Å²) in [7, 11) is 0. The van der Waals surface area contributed by atoms with Crippen molar-refractivity contribution in [2.75, 3.05) is 24.5 Å². The van der Waals surface area contributed by atoms with Gasteiger partial charge < -0.3 is 15.3 Å². The molecule has 1 amide bonds. The first-order valence-electron chi connectivity index (χ1n) is 5.60. The maximum Gasteiger partial charge on any atom is 0.323 e. The summed E-state index contributed by atoms with van der Waals surface area (Å²) in [4.78, 5) is 23.5. The molecule has 19 heavy (non-hydrogen) atoms. The molecule has 1 rings (SSSR count). The molecule has 0 radical (unpaired) electrons. The number of nitrogens with zero attached hydrogens (tertiary/aromatic N) is 3. The average Bonchev–Trinajstić information content (AvgIpc) is 2.38. The molecule has 7 heteroatoms. The molecule has 1 aromatic heterocycles. The number of terminal acetylenes is 1. The number of amides is 1. The monoisotopic (exact) mass is 262 g/mol. The van der Waals surface area contributed by atoms with Crippen molar-refractivity contribution in [2.45, 2.75) is 6.92 Å². The molecule has 0 aliphatic carbocycles. The number of rotatable bonds is 6. The Morgan fingerprint density at radius 3 is 2.68 bits per heavy atom. The van der Waals surface area contributed by atoms with Gasteiger partial charge in [0, 0.05) is 6.54 Å². The minimum absolute atomic E-state index is 0.0987. The van der Waals surface area contributed by atoms with E-state index in [-0.39, 0.29) is 24.7 Å². The average molecular weight is 262 g/mol. The minimum atomic E-state index is -1.02. The molecule has 1 aromatic rings. The zero-order valence-corrected chi connectivity index (χ0v) is 10.5. The number of aliphatic carboxylic acids is 1. The molecule has 0 spiro atoms. The first-order valence-corrected chi connectivity index (χ1v) is 5.60. The standard InChI is InChI=1S/C12H14N4O3/c1-3-7-16(8-11(17)18)10-6-5-9(14-15-10)12(19)13-4-2/h1,5-6H,4,7-8H2,2H3,(H,13,19)(H,17,18). The number of anilines is 1. The highest BCUT2D eigenvalue weighted by Gasteiger charge is 2.13. The fourth-order valence-corrected chi connectivity index (χ4v) is 1.36. The lowest BCUT2D eigenvalue weighted by Gasteiger charge is -2.18. The van der Waals surface area contributed by atoms with Gasteiger partial charge in [0.05, 0.1) is 6.54 Å². The lowest BCUT2D eigenvalue weighted by atomic mass is 10.3. The van der Waals surface area contributed by atoms with Crippen molar-refractivity contribution in [2.24, 2.45) is 0 Å². The number of hydrogen-bond donors (Lipinski definition) is 2. The normalized spacial score (nSPS) is 9.47. The molecule has 0 aliphatic rings. The van der Waals surface area contributed by atoms with Crippen LogP contribution >= 0.6 is 0 Å². The van der Waals surface area contributed by atoms with E-state index in [1.807, 2.05) is 0 Å². The minimum Gasteiger partial charge on any atom is -0.480 e. The largest absolute Gasteiger partial charge is 0.480 e. The maximum atomic E-state index is 11.5. The summed E-state index contributed by atoms with van der Waals surface area (Å²) in [5.41, 5.74) is 0.168. The molecule has 0 fully saturated rings. The van der Waals surface area contributed by atoms with Crippen LogP contribution in [-0.4, -0.2) is 46.8 Å². The number of carboxylic acids is 1. The third kappa shape index (κ3) is 4.27. The molecule has 0 atom stereocenters. The predicted molar refractivity (Wildman–Crippen MR) is 68.7 cm³/mol. The smallest absolute Gasteiger partial charge is 0.323 e. The Balaban J connectivity index is 2.86. The molecule has 0 aliphatic heterocycles. The summed E-state index contributed by atoms with van der Waals surface area (Å²) in [5.74, 6) is 1.30. The fraction of sp³-hybridized carbons (Fsp3) is 0.333. The first-order chi connectivity index (χ1) is 9.08. The van der Waals surface area contributed by atoms with E-state index in [4.69, 9.17) is 11.5 Å². The summed E-state index contributed by atoms with van der Waals surface area (Å²) >= 11 is 0. The van der Waals surface area contributed by atoms with Gasteiger partial charge in [0.2, 0.25) is 0 Å². The van der Waals surface area contributed by atoms with E-state index in [1.54, 1.807) is 6.92 Å². The molecule has 0 saturated carbocycles. The Morgan fingerprint density at radius 2 is 2.21 bits per heavy atom. The van der Waals surface area contributed by atoms with Gasteiger partial charge in [-0.2, -0.15) is 0 Å². The van der Waals surface area contributed by atoms with Crippen LogP contribution in [0.3, 0.4) is 0 Å². The van der Waals surface area contributed by atoms with E-state index < -0.39 is 5.97 Å². The Labute approximate surface area is 110 Å². The maximum absolute atomic E-state index is 11.5. The summed E-state index contributed by atoms with van der Waals surface area (Å²) in [5, 5.41) is 18.9. The van der Waals surface area contributed by atoms with Gasteiger partial charge in [0.25, 0.3) is 5.91 Å². The van der Waals surface area contributed by atoms with Crippen LogP contribution < -0.4 is 10.2 Å². The van der Waals surface area contributed by atoms with Crippen molar-refractivity contribution in [3.63, 3.8) is 0 Å². The van der Waals surface area contributed by atoms with Crippen molar-refractivity contribution in [3.8, 4) is 12.3 Å². The van der Waals surface area contributed by atoms with Crippen LogP contribution in [0.2, 0.25) is 0 Å². The van der Waals surface area contributed by atoms with Gasteiger partial charge in [0.1, 0.15) is 6.54 Å². The SMILES string of the molecule is C#CCN(CC(=O)O)c1ccc(C(=O)NCC)nn1. The van der Waals surface area contributed by atoms with E-state index in [9.17, 15) is 9.59 Å². The number of hydrogen-bond acceptors (Lipinski definition) is 5. The summed E-state index contributed by atoms with van der Waals surface area (Å²) in [6.45, 7) is 2.10. The van der Waals surface area contributed by atoms with Gasteiger partial charge in [-0.25, -0.2) is 0 Å². The second-order valence-electron chi connectivity index (χ2n) is 3.59. The highest BCUT2D eigenvalue weighted by Crippen LogP contribution is 2.08. The Morgan fingerprint density at radius 1 is 1.47 bits per heavy atom. The number of aromatic nitrogens is 2. The zero-order chi connectivity index (χ0) is 14.3. The van der Waals surface area contributed by atoms with Gasteiger partial charge in [-0.1, -0.05) is 5.92 Å². The number of nitrogens with one attached hydrogen (secondary N) is 1. The van der Waals surface area contributed by atoms with E-state index in [0.29, 0.717) is 12.4 Å². The summed E-state index contributed by atoms with van der Waals surface area (Å²) in [6.07, 6.45) is 5.16. The molecular formula is C12H14N4O3. The van der Waals surface area contributed by atoms with Crippen molar-refractivity contribution in [1.29, 1.82) is 0 Å². The molecule has 7 nitrogen and oxygen atoms in total. The number of carbonyl (C=O) groups excluding carboxylic acids is 1. The number of carbonyl (C=O) groups is 2. The van der Waals surface area contributed by atoms with Crippen LogP contribution in [0.4, 0.5) is 5.82 Å². The van der Waals surface area contributed by atoms with E-state index in [2.05, 4.69) is 21.4 Å². The Bertz CT molecular complexity index is 493. The third-order valence-corrected chi connectivity index (χ3v) is 2.15. The van der Waals surface area contributed by atoms with Crippen LogP contribution in [0.25, 0.3) is 0 Å². The topological polar surface area (TPSA) is 95.4 Å². The molecule has 0 saturated heterocycles. The second kappa shape index (κ2) is 6.96. The lowest BCUT2D eigenvalue weighted by molar-refractivity contribution is -0.135. The van der Waals surface area contributed by atoms with Gasteiger partial charge in [-0.15, -0.1) is 16.6 Å². The van der Waals surface area contributed by atoms with Crippen LogP contribution in [-0.2, 0) is 4.79 Å². The van der Waals surface area contributed by atoms with Gasteiger partial charge >= 0.3 is 5.97 Å². The molecular weight excluding hydrogens is 248 g/mol. The van der Waals surface area contributed by atoms with Crippen molar-refractivity contribution >= 4 is 17.7 Å². The predicted octanol–water partition coefficient (Wildman–Crippen LogP) is -0.250. The molecule has 2 N–H and O–H groups in total. The Kier molecular flexibility index (Phi) is 5.29. The van der Waals surface area contributed by atoms with Crippen molar-refractivity contribution in [1.82, 2.24) is 15.5 Å². The number of carboxylic acid groups (broad SMARTS) is 1.